The molecule has 1 heterocycles. The summed E-state index contributed by atoms with van der Waals surface area (Å²) in [5.74, 6) is 0. The van der Waals surface area contributed by atoms with Crippen molar-refractivity contribution in [2.75, 3.05) is 33.3 Å². The van der Waals surface area contributed by atoms with Crippen LogP contribution in [0.3, 0.4) is 0 Å². The molecular formula is C16H32N2O. The molecule has 0 amide bonds. The summed E-state index contributed by atoms with van der Waals surface area (Å²) in [6.07, 6.45) is 8.31. The molecule has 0 radical (unpaired) electrons. The van der Waals surface area contributed by atoms with Crippen molar-refractivity contribution in [2.45, 2.75) is 64.5 Å². The summed E-state index contributed by atoms with van der Waals surface area (Å²) in [5, 5.41) is 3.76. The molecule has 1 unspecified atom stereocenters. The normalized spacial score (nSPS) is 25.7. The van der Waals surface area contributed by atoms with E-state index in [1.165, 1.54) is 58.2 Å². The van der Waals surface area contributed by atoms with Crippen LogP contribution in [0.1, 0.15) is 52.4 Å². The maximum atomic E-state index is 5.55. The van der Waals surface area contributed by atoms with Gasteiger partial charge in [0, 0.05) is 32.8 Å². The first-order chi connectivity index (χ1) is 9.21. The van der Waals surface area contributed by atoms with E-state index in [1.54, 1.807) is 0 Å². The number of methoxy groups -OCH3 is 1. The smallest absolute Gasteiger partial charge is 0.0698 e. The quantitative estimate of drug-likeness (QED) is 0.732. The number of ether oxygens (including phenoxy) is 1. The zero-order chi connectivity index (χ0) is 13.7. The van der Waals surface area contributed by atoms with Crippen molar-refractivity contribution < 1.29 is 4.74 Å². The first-order valence-corrected chi connectivity index (χ1v) is 8.20. The van der Waals surface area contributed by atoms with E-state index < -0.39 is 0 Å². The molecule has 0 aromatic rings. The van der Waals surface area contributed by atoms with Crippen LogP contribution in [-0.4, -0.2) is 50.3 Å². The molecule has 112 valence electrons. The third-order valence-corrected chi connectivity index (χ3v) is 5.20. The van der Waals surface area contributed by atoms with E-state index >= 15 is 0 Å². The molecule has 2 rings (SSSR count). The minimum absolute atomic E-state index is 0.455. The Hall–Kier alpha value is -0.120. The molecule has 2 fully saturated rings. The number of hydrogen-bond donors (Lipinski definition) is 1. The van der Waals surface area contributed by atoms with E-state index in [4.69, 9.17) is 4.74 Å². The van der Waals surface area contributed by atoms with E-state index in [2.05, 4.69) is 24.1 Å². The molecule has 0 aromatic carbocycles. The summed E-state index contributed by atoms with van der Waals surface area (Å²) < 4.78 is 5.55. The Labute approximate surface area is 119 Å². The minimum Gasteiger partial charge on any atom is -0.380 e. The Bertz CT molecular complexity index is 261. The zero-order valence-corrected chi connectivity index (χ0v) is 13.1. The van der Waals surface area contributed by atoms with Crippen LogP contribution in [0.4, 0.5) is 0 Å². The Morgan fingerprint density at radius 3 is 2.53 bits per heavy atom. The predicted molar refractivity (Wildman–Crippen MR) is 80.5 cm³/mol. The van der Waals surface area contributed by atoms with E-state index in [0.717, 1.165) is 12.6 Å². The van der Waals surface area contributed by atoms with Gasteiger partial charge in [-0.15, -0.1) is 0 Å². The van der Waals surface area contributed by atoms with Gasteiger partial charge in [0.2, 0.25) is 0 Å². The first-order valence-electron chi connectivity index (χ1n) is 8.20. The van der Waals surface area contributed by atoms with Gasteiger partial charge in [-0.3, -0.25) is 0 Å². The Morgan fingerprint density at radius 2 is 1.95 bits per heavy atom. The van der Waals surface area contributed by atoms with Crippen LogP contribution >= 0.6 is 0 Å². The van der Waals surface area contributed by atoms with Crippen LogP contribution in [0.5, 0.6) is 0 Å². The summed E-state index contributed by atoms with van der Waals surface area (Å²) in [7, 11) is 1.86. The van der Waals surface area contributed by atoms with Gasteiger partial charge in [0.05, 0.1) is 6.10 Å². The van der Waals surface area contributed by atoms with E-state index in [0.29, 0.717) is 11.5 Å². The predicted octanol–water partition coefficient (Wildman–Crippen LogP) is 2.66. The van der Waals surface area contributed by atoms with Crippen molar-refractivity contribution in [3.63, 3.8) is 0 Å². The van der Waals surface area contributed by atoms with E-state index in [-0.39, 0.29) is 0 Å². The molecule has 1 saturated heterocycles. The van der Waals surface area contributed by atoms with Crippen molar-refractivity contribution in [2.24, 2.45) is 5.41 Å². The third kappa shape index (κ3) is 4.44. The highest BCUT2D eigenvalue weighted by Crippen LogP contribution is 2.30. The SMILES string of the molecule is CCC(CC)(CNC1CC1)CN1CCCC(OC)C1. The lowest BCUT2D eigenvalue weighted by Gasteiger charge is -2.40. The first kappa shape index (κ1) is 15.3. The fourth-order valence-corrected chi connectivity index (χ4v) is 3.25. The van der Waals surface area contributed by atoms with Crippen molar-refractivity contribution >= 4 is 0 Å². The number of nitrogens with zero attached hydrogens (tertiary/aromatic N) is 1. The second kappa shape index (κ2) is 7.05. The monoisotopic (exact) mass is 268 g/mol. The van der Waals surface area contributed by atoms with Gasteiger partial charge in [-0.05, 0) is 50.5 Å². The second-order valence-electron chi connectivity index (χ2n) is 6.60. The molecule has 1 N–H and O–H groups in total. The Morgan fingerprint density at radius 1 is 1.21 bits per heavy atom. The molecule has 19 heavy (non-hydrogen) atoms. The number of nitrogens with one attached hydrogen (secondary N) is 1. The number of likely N-dealkylation sites (tertiary alicyclic amines) is 1. The van der Waals surface area contributed by atoms with Gasteiger partial charge >= 0.3 is 0 Å². The number of rotatable bonds is 8. The van der Waals surface area contributed by atoms with Gasteiger partial charge in [-0.25, -0.2) is 0 Å². The Balaban J connectivity index is 1.86. The minimum atomic E-state index is 0.455. The third-order valence-electron chi connectivity index (χ3n) is 5.20. The summed E-state index contributed by atoms with van der Waals surface area (Å²) in [6.45, 7) is 9.52. The molecule has 1 aliphatic carbocycles. The Kier molecular flexibility index (Phi) is 5.67. The van der Waals surface area contributed by atoms with Crippen molar-refractivity contribution in [3.05, 3.63) is 0 Å². The number of piperidine rings is 1. The average molecular weight is 268 g/mol. The molecule has 0 bridgehead atoms. The van der Waals surface area contributed by atoms with Gasteiger partial charge in [-0.2, -0.15) is 0 Å². The maximum absolute atomic E-state index is 5.55. The van der Waals surface area contributed by atoms with Gasteiger partial charge in [0.25, 0.3) is 0 Å². The summed E-state index contributed by atoms with van der Waals surface area (Å²) in [6, 6.07) is 0.825. The lowest BCUT2D eigenvalue weighted by atomic mass is 9.81. The topological polar surface area (TPSA) is 24.5 Å². The molecule has 1 aliphatic heterocycles. The van der Waals surface area contributed by atoms with Crippen molar-refractivity contribution in [3.8, 4) is 0 Å². The van der Waals surface area contributed by atoms with Crippen LogP contribution in [0, 0.1) is 5.41 Å². The molecule has 0 spiro atoms. The van der Waals surface area contributed by atoms with Crippen LogP contribution < -0.4 is 5.32 Å². The molecular weight excluding hydrogens is 236 g/mol. The van der Waals surface area contributed by atoms with E-state index in [9.17, 15) is 0 Å². The molecule has 1 saturated carbocycles. The highest BCUT2D eigenvalue weighted by Gasteiger charge is 2.33. The zero-order valence-electron chi connectivity index (χ0n) is 13.1. The van der Waals surface area contributed by atoms with Crippen molar-refractivity contribution in [1.29, 1.82) is 0 Å². The second-order valence-corrected chi connectivity index (χ2v) is 6.60. The van der Waals surface area contributed by atoms with Gasteiger partial charge in [0.1, 0.15) is 0 Å². The van der Waals surface area contributed by atoms with Crippen molar-refractivity contribution in [1.82, 2.24) is 10.2 Å². The average Bonchev–Trinajstić information content (AvgIpc) is 3.28. The summed E-state index contributed by atoms with van der Waals surface area (Å²) in [5.41, 5.74) is 0.457. The molecule has 3 nitrogen and oxygen atoms in total. The highest BCUT2D eigenvalue weighted by molar-refractivity contribution is 4.89. The van der Waals surface area contributed by atoms with Gasteiger partial charge in [-0.1, -0.05) is 13.8 Å². The maximum Gasteiger partial charge on any atom is 0.0698 e. The van der Waals surface area contributed by atoms with E-state index in [1.807, 2.05) is 7.11 Å². The fraction of sp³-hybridized carbons (Fsp3) is 1.00. The summed E-state index contributed by atoms with van der Waals surface area (Å²) >= 11 is 0. The summed E-state index contributed by atoms with van der Waals surface area (Å²) in [4.78, 5) is 2.64. The molecule has 0 aromatic heterocycles. The standard InChI is InChI=1S/C16H32N2O/c1-4-16(5-2,12-17-14-8-9-14)13-18-10-6-7-15(11-18)19-3/h14-15,17H,4-13H2,1-3H3. The van der Waals surface area contributed by atoms with Crippen LogP contribution in [0.15, 0.2) is 0 Å². The fourth-order valence-electron chi connectivity index (χ4n) is 3.25. The lowest BCUT2D eigenvalue weighted by molar-refractivity contribution is 0.0121. The largest absolute Gasteiger partial charge is 0.380 e. The molecule has 1 atom stereocenters. The highest BCUT2D eigenvalue weighted by atomic mass is 16.5. The van der Waals surface area contributed by atoms with Crippen LogP contribution in [-0.2, 0) is 4.74 Å². The number of hydrogen-bond acceptors (Lipinski definition) is 3. The van der Waals surface area contributed by atoms with Gasteiger partial charge < -0.3 is 15.0 Å². The van der Waals surface area contributed by atoms with Crippen LogP contribution in [0.25, 0.3) is 0 Å². The van der Waals surface area contributed by atoms with Crippen LogP contribution in [0.2, 0.25) is 0 Å². The molecule has 3 heteroatoms. The lowest BCUT2D eigenvalue weighted by Crippen LogP contribution is -2.48. The molecule has 2 aliphatic rings. The van der Waals surface area contributed by atoms with Gasteiger partial charge in [0.15, 0.2) is 0 Å².